The monoisotopic (exact) mass is 271 g/mol. The van der Waals surface area contributed by atoms with Crippen molar-refractivity contribution in [1.82, 2.24) is 15.1 Å². The van der Waals surface area contributed by atoms with Gasteiger partial charge in [0.1, 0.15) is 0 Å². The van der Waals surface area contributed by atoms with Crippen LogP contribution < -0.4 is 5.32 Å². The molecule has 0 radical (unpaired) electrons. The number of nitrogens with one attached hydrogen (secondary N) is 1. The average Bonchev–Trinajstić information content (AvgIpc) is 2.81. The van der Waals surface area contributed by atoms with Crippen LogP contribution in [-0.2, 0) is 7.05 Å². The Morgan fingerprint density at radius 2 is 1.90 bits per heavy atom. The van der Waals surface area contributed by atoms with Gasteiger partial charge in [0.25, 0.3) is 0 Å². The Labute approximate surface area is 122 Å². The van der Waals surface area contributed by atoms with Gasteiger partial charge in [0.2, 0.25) is 0 Å². The summed E-state index contributed by atoms with van der Waals surface area (Å²) in [5.74, 6) is 0. The number of aromatic nitrogens is 2. The predicted octanol–water partition coefficient (Wildman–Crippen LogP) is 3.85. The Morgan fingerprint density at radius 3 is 2.40 bits per heavy atom. The van der Waals surface area contributed by atoms with Crippen LogP contribution in [0.1, 0.15) is 44.0 Å². The summed E-state index contributed by atoms with van der Waals surface area (Å²) in [4.78, 5) is 0. The molecule has 20 heavy (non-hydrogen) atoms. The maximum atomic E-state index is 4.31. The zero-order chi connectivity index (χ0) is 14.5. The van der Waals surface area contributed by atoms with Crippen molar-refractivity contribution < 1.29 is 0 Å². The number of aryl methyl sites for hydroxylation is 1. The molecule has 0 bridgehead atoms. The molecule has 1 atom stereocenters. The van der Waals surface area contributed by atoms with Gasteiger partial charge < -0.3 is 5.32 Å². The highest BCUT2D eigenvalue weighted by molar-refractivity contribution is 5.65. The minimum absolute atomic E-state index is 0.457. The van der Waals surface area contributed by atoms with Crippen molar-refractivity contribution in [3.63, 3.8) is 0 Å². The fourth-order valence-electron chi connectivity index (χ4n) is 2.49. The second kappa shape index (κ2) is 6.71. The quantitative estimate of drug-likeness (QED) is 0.865. The van der Waals surface area contributed by atoms with Gasteiger partial charge in [-0.2, -0.15) is 5.10 Å². The lowest BCUT2D eigenvalue weighted by atomic mass is 10.00. The first-order valence-corrected chi connectivity index (χ1v) is 7.49. The van der Waals surface area contributed by atoms with Crippen LogP contribution in [0.5, 0.6) is 0 Å². The molecule has 1 unspecified atom stereocenters. The van der Waals surface area contributed by atoms with Gasteiger partial charge in [0, 0.05) is 24.3 Å². The van der Waals surface area contributed by atoms with Gasteiger partial charge in [0.05, 0.1) is 6.20 Å². The van der Waals surface area contributed by atoms with E-state index in [1.165, 1.54) is 28.8 Å². The summed E-state index contributed by atoms with van der Waals surface area (Å²) in [6.07, 6.45) is 4.23. The van der Waals surface area contributed by atoms with E-state index in [9.17, 15) is 0 Å². The van der Waals surface area contributed by atoms with Crippen molar-refractivity contribution in [3.05, 3.63) is 41.7 Å². The van der Waals surface area contributed by atoms with Gasteiger partial charge in [-0.15, -0.1) is 0 Å². The van der Waals surface area contributed by atoms with Crippen molar-refractivity contribution in [2.45, 2.75) is 39.7 Å². The van der Waals surface area contributed by atoms with E-state index in [-0.39, 0.29) is 0 Å². The van der Waals surface area contributed by atoms with Crippen LogP contribution in [0.15, 0.2) is 30.5 Å². The lowest BCUT2D eigenvalue weighted by Crippen LogP contribution is -2.21. The largest absolute Gasteiger partial charge is 0.310 e. The van der Waals surface area contributed by atoms with Gasteiger partial charge in [-0.1, -0.05) is 38.1 Å². The Bertz CT molecular complexity index is 540. The molecule has 0 aliphatic rings. The summed E-state index contributed by atoms with van der Waals surface area (Å²) in [5.41, 5.74) is 5.03. The Morgan fingerprint density at radius 1 is 1.20 bits per heavy atom. The highest BCUT2D eigenvalue weighted by Gasteiger charge is 2.10. The van der Waals surface area contributed by atoms with Crippen molar-refractivity contribution in [3.8, 4) is 11.1 Å². The predicted molar refractivity (Wildman–Crippen MR) is 84.7 cm³/mol. The molecule has 1 N–H and O–H groups in total. The molecule has 108 valence electrons. The van der Waals surface area contributed by atoms with Crippen LogP contribution in [0.2, 0.25) is 0 Å². The highest BCUT2D eigenvalue weighted by Crippen LogP contribution is 2.25. The molecule has 1 heterocycles. The summed E-state index contributed by atoms with van der Waals surface area (Å²) < 4.78 is 1.92. The van der Waals surface area contributed by atoms with E-state index in [2.05, 4.69) is 55.5 Å². The summed E-state index contributed by atoms with van der Waals surface area (Å²) >= 11 is 0. The molecular formula is C17H25N3. The fourth-order valence-corrected chi connectivity index (χ4v) is 2.49. The molecule has 2 aromatic rings. The SMILES string of the molecule is CCCNC(CC)c1ccc(-c2cnn(C)c2C)cc1. The third-order valence-electron chi connectivity index (χ3n) is 3.91. The smallest absolute Gasteiger partial charge is 0.0571 e. The minimum Gasteiger partial charge on any atom is -0.310 e. The molecule has 0 saturated heterocycles. The van der Waals surface area contributed by atoms with E-state index in [1.54, 1.807) is 0 Å². The molecule has 3 nitrogen and oxygen atoms in total. The van der Waals surface area contributed by atoms with Crippen molar-refractivity contribution in [2.75, 3.05) is 6.54 Å². The Balaban J connectivity index is 2.19. The molecule has 0 aliphatic carbocycles. The van der Waals surface area contributed by atoms with E-state index in [0.717, 1.165) is 13.0 Å². The summed E-state index contributed by atoms with van der Waals surface area (Å²) in [5, 5.41) is 7.90. The van der Waals surface area contributed by atoms with E-state index >= 15 is 0 Å². The summed E-state index contributed by atoms with van der Waals surface area (Å²) in [7, 11) is 1.98. The Hall–Kier alpha value is -1.61. The van der Waals surface area contributed by atoms with Gasteiger partial charge in [-0.3, -0.25) is 4.68 Å². The van der Waals surface area contributed by atoms with Gasteiger partial charge in [-0.05, 0) is 37.4 Å². The zero-order valence-corrected chi connectivity index (χ0v) is 13.0. The van der Waals surface area contributed by atoms with E-state index in [4.69, 9.17) is 0 Å². The van der Waals surface area contributed by atoms with Crippen LogP contribution >= 0.6 is 0 Å². The molecule has 1 aromatic heterocycles. The topological polar surface area (TPSA) is 29.9 Å². The molecule has 3 heteroatoms. The first-order chi connectivity index (χ1) is 9.67. The molecule has 0 fully saturated rings. The highest BCUT2D eigenvalue weighted by atomic mass is 15.3. The first-order valence-electron chi connectivity index (χ1n) is 7.49. The number of hydrogen-bond donors (Lipinski definition) is 1. The van der Waals surface area contributed by atoms with Crippen molar-refractivity contribution in [1.29, 1.82) is 0 Å². The second-order valence-electron chi connectivity index (χ2n) is 5.30. The van der Waals surface area contributed by atoms with Crippen LogP contribution in [0.25, 0.3) is 11.1 Å². The van der Waals surface area contributed by atoms with Crippen LogP contribution in [0.3, 0.4) is 0 Å². The third kappa shape index (κ3) is 3.10. The van der Waals surface area contributed by atoms with Crippen LogP contribution in [0.4, 0.5) is 0 Å². The van der Waals surface area contributed by atoms with Gasteiger partial charge in [0.15, 0.2) is 0 Å². The molecule has 2 rings (SSSR count). The van der Waals surface area contributed by atoms with E-state index in [0.29, 0.717) is 6.04 Å². The summed E-state index contributed by atoms with van der Waals surface area (Å²) in [6.45, 7) is 7.61. The summed E-state index contributed by atoms with van der Waals surface area (Å²) in [6, 6.07) is 9.33. The number of nitrogens with zero attached hydrogens (tertiary/aromatic N) is 2. The normalized spacial score (nSPS) is 12.6. The van der Waals surface area contributed by atoms with Gasteiger partial charge in [-0.25, -0.2) is 0 Å². The molecule has 0 aliphatic heterocycles. The molecule has 0 amide bonds. The number of rotatable bonds is 6. The molecule has 0 spiro atoms. The van der Waals surface area contributed by atoms with Crippen molar-refractivity contribution in [2.24, 2.45) is 7.05 Å². The fraction of sp³-hybridized carbons (Fsp3) is 0.471. The lowest BCUT2D eigenvalue weighted by molar-refractivity contribution is 0.518. The van der Waals surface area contributed by atoms with Gasteiger partial charge >= 0.3 is 0 Å². The zero-order valence-electron chi connectivity index (χ0n) is 13.0. The Kier molecular flexibility index (Phi) is 4.96. The maximum absolute atomic E-state index is 4.31. The second-order valence-corrected chi connectivity index (χ2v) is 5.30. The third-order valence-corrected chi connectivity index (χ3v) is 3.91. The van der Waals surface area contributed by atoms with E-state index in [1.807, 2.05) is 17.9 Å². The van der Waals surface area contributed by atoms with Crippen LogP contribution in [-0.4, -0.2) is 16.3 Å². The average molecular weight is 271 g/mol. The molecule has 0 saturated carbocycles. The number of benzene rings is 1. The van der Waals surface area contributed by atoms with E-state index < -0.39 is 0 Å². The molecular weight excluding hydrogens is 246 g/mol. The maximum Gasteiger partial charge on any atom is 0.0571 e. The lowest BCUT2D eigenvalue weighted by Gasteiger charge is -2.17. The standard InChI is InChI=1S/C17H25N3/c1-5-11-18-17(6-2)15-9-7-14(8-10-15)16-12-19-20(4)13(16)3/h7-10,12,17-18H,5-6,11H2,1-4H3. The minimum atomic E-state index is 0.457. The first kappa shape index (κ1) is 14.8. The number of hydrogen-bond acceptors (Lipinski definition) is 2. The molecule has 1 aromatic carbocycles. The van der Waals surface area contributed by atoms with Crippen molar-refractivity contribution >= 4 is 0 Å². The van der Waals surface area contributed by atoms with Crippen LogP contribution in [0, 0.1) is 6.92 Å².